The zero-order valence-corrected chi connectivity index (χ0v) is 11.6. The second kappa shape index (κ2) is 4.56. The van der Waals surface area contributed by atoms with Gasteiger partial charge in [-0.15, -0.1) is 11.3 Å². The van der Waals surface area contributed by atoms with Crippen molar-refractivity contribution in [2.45, 2.75) is 37.6 Å². The van der Waals surface area contributed by atoms with Gasteiger partial charge in [0.05, 0.1) is 12.7 Å². The summed E-state index contributed by atoms with van der Waals surface area (Å²) in [4.78, 5) is 2.04. The third-order valence-electron chi connectivity index (χ3n) is 3.31. The first-order valence-corrected chi connectivity index (χ1v) is 7.18. The summed E-state index contributed by atoms with van der Waals surface area (Å²) in [5, 5.41) is 2.12. The first-order valence-electron chi connectivity index (χ1n) is 5.39. The summed E-state index contributed by atoms with van der Waals surface area (Å²) in [6.07, 6.45) is 2.64. The highest BCUT2D eigenvalue weighted by Gasteiger charge is 2.47. The van der Waals surface area contributed by atoms with Crippen LogP contribution in [0.1, 0.15) is 25.1 Å². The van der Waals surface area contributed by atoms with Crippen LogP contribution >= 0.6 is 27.3 Å². The predicted molar refractivity (Wildman–Crippen MR) is 68.9 cm³/mol. The molecule has 1 aromatic rings. The summed E-state index contributed by atoms with van der Waals surface area (Å²) in [6, 6.07) is 4.27. The molecule has 0 aliphatic heterocycles. The average Bonchev–Trinajstić information content (AvgIpc) is 2.69. The normalized spacial score (nSPS) is 28.7. The van der Waals surface area contributed by atoms with Crippen LogP contribution in [0.15, 0.2) is 17.5 Å². The Morgan fingerprint density at radius 1 is 1.60 bits per heavy atom. The number of alkyl halides is 1. The summed E-state index contributed by atoms with van der Waals surface area (Å²) in [5.41, 5.74) is 0.301. The van der Waals surface area contributed by atoms with E-state index in [4.69, 9.17) is 4.74 Å². The van der Waals surface area contributed by atoms with Crippen LogP contribution in [0.25, 0.3) is 0 Å². The molecule has 1 aliphatic carbocycles. The molecule has 0 radical (unpaired) electrons. The van der Waals surface area contributed by atoms with Gasteiger partial charge in [-0.05, 0) is 17.9 Å². The Morgan fingerprint density at radius 2 is 2.40 bits per heavy atom. The van der Waals surface area contributed by atoms with E-state index in [0.29, 0.717) is 16.3 Å². The van der Waals surface area contributed by atoms with E-state index in [-0.39, 0.29) is 0 Å². The second-order valence-corrected chi connectivity index (χ2v) is 6.85. The first-order chi connectivity index (χ1) is 7.10. The molecule has 1 fully saturated rings. The van der Waals surface area contributed by atoms with Crippen LogP contribution in [0.4, 0.5) is 0 Å². The second-order valence-electron chi connectivity index (χ2n) is 4.71. The minimum Gasteiger partial charge on any atom is -0.377 e. The summed E-state index contributed by atoms with van der Waals surface area (Å²) in [6.45, 7) is 5.39. The molecule has 1 aliphatic rings. The smallest absolute Gasteiger partial charge is 0.0647 e. The highest BCUT2D eigenvalue weighted by atomic mass is 79.9. The van der Waals surface area contributed by atoms with E-state index in [1.807, 2.05) is 11.3 Å². The third-order valence-corrected chi connectivity index (χ3v) is 5.80. The Kier molecular flexibility index (Phi) is 3.53. The van der Waals surface area contributed by atoms with Gasteiger partial charge < -0.3 is 4.74 Å². The molecule has 1 aromatic heterocycles. The molecular formula is C12H17BrOS. The van der Waals surface area contributed by atoms with E-state index < -0.39 is 0 Å². The monoisotopic (exact) mass is 288 g/mol. The van der Waals surface area contributed by atoms with Crippen molar-refractivity contribution in [3.05, 3.63) is 22.4 Å². The minimum atomic E-state index is 0.301. The highest BCUT2D eigenvalue weighted by Crippen LogP contribution is 2.47. The van der Waals surface area contributed by atoms with E-state index in [0.717, 1.165) is 19.4 Å². The molecule has 0 saturated heterocycles. The van der Waals surface area contributed by atoms with E-state index in [9.17, 15) is 0 Å². The Balaban J connectivity index is 1.71. The molecule has 1 heterocycles. The lowest BCUT2D eigenvalue weighted by molar-refractivity contribution is -0.0836. The number of thiophene rings is 1. The Morgan fingerprint density at radius 3 is 2.93 bits per heavy atom. The number of hydrogen-bond acceptors (Lipinski definition) is 2. The van der Waals surface area contributed by atoms with Crippen molar-refractivity contribution >= 4 is 27.3 Å². The summed E-state index contributed by atoms with van der Waals surface area (Å²) in [5.74, 6) is 0. The highest BCUT2D eigenvalue weighted by molar-refractivity contribution is 9.09. The van der Waals surface area contributed by atoms with Crippen molar-refractivity contribution in [1.82, 2.24) is 0 Å². The summed E-state index contributed by atoms with van der Waals surface area (Å²) >= 11 is 5.49. The van der Waals surface area contributed by atoms with E-state index in [1.165, 1.54) is 4.88 Å². The molecule has 0 bridgehead atoms. The van der Waals surface area contributed by atoms with E-state index in [1.54, 1.807) is 0 Å². The molecule has 2 unspecified atom stereocenters. The van der Waals surface area contributed by atoms with Gasteiger partial charge in [-0.3, -0.25) is 0 Å². The number of ether oxygens (including phenoxy) is 1. The quantitative estimate of drug-likeness (QED) is 0.765. The van der Waals surface area contributed by atoms with Crippen molar-refractivity contribution in [2.24, 2.45) is 5.41 Å². The van der Waals surface area contributed by atoms with Crippen LogP contribution in [0, 0.1) is 5.41 Å². The topological polar surface area (TPSA) is 9.23 Å². The Hall–Kier alpha value is 0.140. The van der Waals surface area contributed by atoms with E-state index in [2.05, 4.69) is 47.3 Å². The molecule has 0 N–H and O–H groups in total. The summed E-state index contributed by atoms with van der Waals surface area (Å²) in [7, 11) is 0. The predicted octanol–water partition coefficient (Wildman–Crippen LogP) is 3.87. The van der Waals surface area contributed by atoms with E-state index >= 15 is 0 Å². The van der Waals surface area contributed by atoms with Gasteiger partial charge in [0.25, 0.3) is 0 Å². The number of halogens is 1. The lowest BCUT2D eigenvalue weighted by Crippen LogP contribution is -2.51. The molecule has 1 nitrogen and oxygen atoms in total. The van der Waals surface area contributed by atoms with Gasteiger partial charge in [-0.2, -0.15) is 0 Å². The molecule has 2 atom stereocenters. The fourth-order valence-electron chi connectivity index (χ4n) is 1.88. The van der Waals surface area contributed by atoms with Crippen LogP contribution in [-0.4, -0.2) is 17.5 Å². The fraction of sp³-hybridized carbons (Fsp3) is 0.667. The number of rotatable bonds is 4. The lowest BCUT2D eigenvalue weighted by atomic mass is 9.69. The molecule has 3 heteroatoms. The molecule has 0 amide bonds. The third kappa shape index (κ3) is 2.45. The van der Waals surface area contributed by atoms with Crippen LogP contribution in [0.5, 0.6) is 0 Å². The zero-order valence-electron chi connectivity index (χ0n) is 9.20. The van der Waals surface area contributed by atoms with Gasteiger partial charge in [0.1, 0.15) is 0 Å². The van der Waals surface area contributed by atoms with Gasteiger partial charge in [0.15, 0.2) is 0 Å². The van der Waals surface area contributed by atoms with Gasteiger partial charge >= 0.3 is 0 Å². The largest absolute Gasteiger partial charge is 0.377 e. The van der Waals surface area contributed by atoms with Crippen LogP contribution < -0.4 is 0 Å². The molecular weight excluding hydrogens is 272 g/mol. The zero-order chi connectivity index (χ0) is 10.9. The molecule has 84 valence electrons. The maximum absolute atomic E-state index is 5.91. The maximum Gasteiger partial charge on any atom is 0.0647 e. The fourth-order valence-corrected chi connectivity index (χ4v) is 3.20. The molecule has 15 heavy (non-hydrogen) atoms. The van der Waals surface area contributed by atoms with Crippen molar-refractivity contribution in [3.63, 3.8) is 0 Å². The van der Waals surface area contributed by atoms with Crippen LogP contribution in [-0.2, 0) is 11.2 Å². The van der Waals surface area contributed by atoms with Gasteiger partial charge in [0, 0.05) is 21.5 Å². The van der Waals surface area contributed by atoms with Gasteiger partial charge in [-0.1, -0.05) is 35.8 Å². The SMILES string of the molecule is CC1(C)C(Br)CC1OCCc1cccs1. The number of hydrogen-bond donors (Lipinski definition) is 0. The molecule has 0 aromatic carbocycles. The van der Waals surface area contributed by atoms with Gasteiger partial charge in [-0.25, -0.2) is 0 Å². The first kappa shape index (κ1) is 11.6. The molecule has 0 spiro atoms. The van der Waals surface area contributed by atoms with Crippen LogP contribution in [0.3, 0.4) is 0 Å². The van der Waals surface area contributed by atoms with Crippen molar-refractivity contribution in [2.75, 3.05) is 6.61 Å². The van der Waals surface area contributed by atoms with Gasteiger partial charge in [0.2, 0.25) is 0 Å². The molecule has 1 saturated carbocycles. The van der Waals surface area contributed by atoms with Crippen LogP contribution in [0.2, 0.25) is 0 Å². The standard InChI is InChI=1S/C12H17BrOS/c1-12(2)10(13)8-11(12)14-6-5-9-4-3-7-15-9/h3-4,7,10-11H,5-6,8H2,1-2H3. The summed E-state index contributed by atoms with van der Waals surface area (Å²) < 4.78 is 5.91. The Labute approximate surface area is 104 Å². The lowest BCUT2D eigenvalue weighted by Gasteiger charge is -2.48. The molecule has 2 rings (SSSR count). The Bertz CT molecular complexity index is 307. The maximum atomic E-state index is 5.91. The van der Waals surface area contributed by atoms with Crippen molar-refractivity contribution in [3.8, 4) is 0 Å². The van der Waals surface area contributed by atoms with Crippen molar-refractivity contribution < 1.29 is 4.74 Å². The van der Waals surface area contributed by atoms with Crippen molar-refractivity contribution in [1.29, 1.82) is 0 Å². The average molecular weight is 289 g/mol. The minimum absolute atomic E-state index is 0.301.